The Kier molecular flexibility index (Phi) is 5.84. The van der Waals surface area contributed by atoms with Gasteiger partial charge in [0.15, 0.2) is 5.82 Å². The zero-order chi connectivity index (χ0) is 20.4. The van der Waals surface area contributed by atoms with Crippen LogP contribution in [0.5, 0.6) is 0 Å². The van der Waals surface area contributed by atoms with Gasteiger partial charge < -0.3 is 10.2 Å². The molecule has 1 aliphatic rings. The number of rotatable bonds is 5. The number of hydrogen-bond donors (Lipinski definition) is 1. The molecule has 0 saturated carbocycles. The van der Waals surface area contributed by atoms with Gasteiger partial charge in [-0.25, -0.2) is 4.98 Å². The monoisotopic (exact) mass is 421 g/mol. The van der Waals surface area contributed by atoms with Gasteiger partial charge in [0.25, 0.3) is 0 Å². The highest BCUT2D eigenvalue weighted by Gasteiger charge is 2.25. The highest BCUT2D eigenvalue weighted by Crippen LogP contribution is 2.44. The molecule has 1 unspecified atom stereocenters. The fourth-order valence-corrected chi connectivity index (χ4v) is 4.66. The van der Waals surface area contributed by atoms with Gasteiger partial charge in [0.05, 0.1) is 11.7 Å². The van der Waals surface area contributed by atoms with Crippen molar-refractivity contribution < 1.29 is 0 Å². The Bertz CT molecular complexity index is 1030. The van der Waals surface area contributed by atoms with Crippen molar-refractivity contribution >= 4 is 34.9 Å². The normalized spacial score (nSPS) is 14.4. The smallest absolute Gasteiger partial charge is 0.151 e. The van der Waals surface area contributed by atoms with Crippen LogP contribution >= 0.6 is 23.4 Å². The second-order valence-electron chi connectivity index (χ2n) is 7.35. The maximum Gasteiger partial charge on any atom is 0.151 e. The van der Waals surface area contributed by atoms with Crippen LogP contribution in [0.4, 0.5) is 11.5 Å². The minimum absolute atomic E-state index is 0.141. The number of pyridine rings is 1. The van der Waals surface area contributed by atoms with E-state index in [0.29, 0.717) is 6.54 Å². The van der Waals surface area contributed by atoms with Crippen LogP contribution in [0.15, 0.2) is 78.0 Å². The lowest BCUT2D eigenvalue weighted by Gasteiger charge is -2.34. The Morgan fingerprint density at radius 1 is 1.21 bits per heavy atom. The number of aryl methyl sites for hydroxylation is 1. The van der Waals surface area contributed by atoms with Crippen molar-refractivity contribution in [3.8, 4) is 0 Å². The number of anilines is 2. The van der Waals surface area contributed by atoms with Crippen LogP contribution in [0.2, 0.25) is 5.02 Å². The molecule has 5 heteroatoms. The molecule has 2 aromatic carbocycles. The van der Waals surface area contributed by atoms with Gasteiger partial charge in [-0.15, -0.1) is 11.8 Å². The van der Waals surface area contributed by atoms with E-state index >= 15 is 0 Å². The Labute approximate surface area is 181 Å². The van der Waals surface area contributed by atoms with E-state index in [4.69, 9.17) is 11.6 Å². The fraction of sp³-hybridized carbons (Fsp3) is 0.208. The van der Waals surface area contributed by atoms with Crippen molar-refractivity contribution in [2.75, 3.05) is 16.0 Å². The summed E-state index contributed by atoms with van der Waals surface area (Å²) in [4.78, 5) is 8.16. The van der Waals surface area contributed by atoms with E-state index < -0.39 is 0 Å². The zero-order valence-corrected chi connectivity index (χ0v) is 18.2. The van der Waals surface area contributed by atoms with E-state index in [1.165, 1.54) is 16.0 Å². The summed E-state index contributed by atoms with van der Waals surface area (Å²) in [5, 5.41) is 4.37. The van der Waals surface area contributed by atoms with Gasteiger partial charge in [0.2, 0.25) is 0 Å². The van der Waals surface area contributed by atoms with Gasteiger partial charge in [-0.3, -0.25) is 0 Å². The summed E-state index contributed by atoms with van der Waals surface area (Å²) < 4.78 is 0. The highest BCUT2D eigenvalue weighted by atomic mass is 35.5. The summed E-state index contributed by atoms with van der Waals surface area (Å²) in [6, 6.07) is 18.8. The van der Waals surface area contributed by atoms with Crippen molar-refractivity contribution in [2.45, 2.75) is 31.3 Å². The van der Waals surface area contributed by atoms with Gasteiger partial charge in [-0.05, 0) is 43.2 Å². The largest absolute Gasteiger partial charge is 0.362 e. The first-order chi connectivity index (χ1) is 14.0. The second-order valence-corrected chi connectivity index (χ2v) is 8.81. The minimum Gasteiger partial charge on any atom is -0.362 e. The molecular formula is C24H24ClN3S. The molecule has 1 aromatic heterocycles. The number of aromatic nitrogens is 1. The van der Waals surface area contributed by atoms with Crippen molar-refractivity contribution in [3.05, 3.63) is 94.8 Å². The van der Waals surface area contributed by atoms with Crippen LogP contribution in [-0.4, -0.2) is 10.7 Å². The van der Waals surface area contributed by atoms with Crippen LogP contribution in [-0.2, 0) is 6.54 Å². The Hall–Kier alpha value is -2.43. The molecule has 1 atom stereocenters. The molecule has 0 spiro atoms. The van der Waals surface area contributed by atoms with Crippen molar-refractivity contribution in [3.63, 3.8) is 0 Å². The molecule has 0 fully saturated rings. The van der Waals surface area contributed by atoms with E-state index in [-0.39, 0.29) is 6.04 Å². The molecule has 0 amide bonds. The first kappa shape index (κ1) is 19.9. The predicted octanol–water partition coefficient (Wildman–Crippen LogP) is 6.84. The number of benzene rings is 2. The maximum atomic E-state index is 6.21. The number of nitrogens with one attached hydrogen (secondary N) is 1. The third-order valence-corrected chi connectivity index (χ3v) is 6.45. The van der Waals surface area contributed by atoms with E-state index in [9.17, 15) is 0 Å². The van der Waals surface area contributed by atoms with Gasteiger partial charge in [0.1, 0.15) is 0 Å². The molecule has 0 bridgehead atoms. The standard InChI is InChI=1S/C24H24ClN3S/c1-16-7-9-20(10-8-16)18(3)27-24-23-22(11-12-26-24)29-15-17(2)28(23)14-19-5-4-6-21(25)13-19/h4-13,18H,2,14-15H2,1,3H3,(H,26,27). The van der Waals surface area contributed by atoms with Crippen LogP contribution < -0.4 is 10.2 Å². The van der Waals surface area contributed by atoms with E-state index in [0.717, 1.165) is 33.5 Å². The Morgan fingerprint density at radius 3 is 2.76 bits per heavy atom. The molecule has 0 saturated heterocycles. The van der Waals surface area contributed by atoms with Crippen molar-refractivity contribution in [1.82, 2.24) is 4.98 Å². The van der Waals surface area contributed by atoms with Crippen LogP contribution in [0, 0.1) is 6.92 Å². The zero-order valence-electron chi connectivity index (χ0n) is 16.7. The lowest BCUT2D eigenvalue weighted by Crippen LogP contribution is -2.27. The third kappa shape index (κ3) is 4.44. The fourth-order valence-electron chi connectivity index (χ4n) is 3.47. The topological polar surface area (TPSA) is 28.2 Å². The lowest BCUT2D eigenvalue weighted by molar-refractivity contribution is 0.851. The summed E-state index contributed by atoms with van der Waals surface area (Å²) in [7, 11) is 0. The summed E-state index contributed by atoms with van der Waals surface area (Å²) in [6.07, 6.45) is 1.88. The molecule has 2 heterocycles. The summed E-state index contributed by atoms with van der Waals surface area (Å²) in [6.45, 7) is 9.30. The van der Waals surface area contributed by atoms with Crippen molar-refractivity contribution in [2.24, 2.45) is 0 Å². The Morgan fingerprint density at radius 2 is 2.00 bits per heavy atom. The molecule has 1 aliphatic heterocycles. The van der Waals surface area contributed by atoms with E-state index in [1.54, 1.807) is 11.8 Å². The lowest BCUT2D eigenvalue weighted by atomic mass is 10.1. The maximum absolute atomic E-state index is 6.21. The van der Waals surface area contributed by atoms with E-state index in [2.05, 4.69) is 72.0 Å². The molecule has 1 N–H and O–H groups in total. The number of nitrogens with zero attached hydrogens (tertiary/aromatic N) is 2. The summed E-state index contributed by atoms with van der Waals surface area (Å²) in [5.74, 6) is 1.75. The molecule has 3 nitrogen and oxygen atoms in total. The molecule has 148 valence electrons. The predicted molar refractivity (Wildman–Crippen MR) is 125 cm³/mol. The molecule has 4 rings (SSSR count). The molecule has 3 aromatic rings. The summed E-state index contributed by atoms with van der Waals surface area (Å²) >= 11 is 8.01. The highest BCUT2D eigenvalue weighted by molar-refractivity contribution is 7.99. The van der Waals surface area contributed by atoms with Crippen LogP contribution in [0.25, 0.3) is 0 Å². The quantitative estimate of drug-likeness (QED) is 0.488. The number of thioether (sulfide) groups is 1. The van der Waals surface area contributed by atoms with Gasteiger partial charge >= 0.3 is 0 Å². The number of fused-ring (bicyclic) bond motifs is 1. The summed E-state index contributed by atoms with van der Waals surface area (Å²) in [5.41, 5.74) is 5.81. The third-order valence-electron chi connectivity index (χ3n) is 5.09. The molecular weight excluding hydrogens is 398 g/mol. The first-order valence-electron chi connectivity index (χ1n) is 9.66. The number of halogens is 1. The molecule has 0 radical (unpaired) electrons. The SMILES string of the molecule is C=C1CSc2ccnc(NC(C)c3ccc(C)cc3)c2N1Cc1cccc(Cl)c1. The van der Waals surface area contributed by atoms with Gasteiger partial charge in [0, 0.05) is 34.1 Å². The first-order valence-corrected chi connectivity index (χ1v) is 11.0. The van der Waals surface area contributed by atoms with Gasteiger partial charge in [-0.1, -0.05) is 60.1 Å². The van der Waals surface area contributed by atoms with Crippen LogP contribution in [0.1, 0.15) is 29.7 Å². The van der Waals surface area contributed by atoms with Crippen LogP contribution in [0.3, 0.4) is 0 Å². The average Bonchev–Trinajstić information content (AvgIpc) is 2.71. The van der Waals surface area contributed by atoms with E-state index in [1.807, 2.05) is 24.4 Å². The average molecular weight is 422 g/mol. The second kappa shape index (κ2) is 8.52. The molecule has 0 aliphatic carbocycles. The van der Waals surface area contributed by atoms with Crippen molar-refractivity contribution in [1.29, 1.82) is 0 Å². The molecule has 29 heavy (non-hydrogen) atoms. The number of hydrogen-bond acceptors (Lipinski definition) is 4. The van der Waals surface area contributed by atoms with Gasteiger partial charge in [-0.2, -0.15) is 0 Å². The Balaban J connectivity index is 1.66. The minimum atomic E-state index is 0.141.